The first-order valence-corrected chi connectivity index (χ1v) is 18.4. The topological polar surface area (TPSA) is 54.7 Å². The van der Waals surface area contributed by atoms with Crippen LogP contribution in [0.1, 0.15) is 84.0 Å². The van der Waals surface area contributed by atoms with E-state index in [9.17, 15) is 0 Å². The number of rotatable bonds is 8. The Morgan fingerprint density at radius 2 is 1.17 bits per heavy atom. The Kier molecular flexibility index (Phi) is 14.7. The van der Waals surface area contributed by atoms with Crippen molar-refractivity contribution in [3.05, 3.63) is 91.0 Å². The molecule has 3 N–H and O–H groups in total. The van der Waals surface area contributed by atoms with Gasteiger partial charge in [-0.2, -0.15) is 28.1 Å². The second kappa shape index (κ2) is 19.2. The van der Waals surface area contributed by atoms with Gasteiger partial charge in [-0.1, -0.05) is 149 Å². The lowest BCUT2D eigenvalue weighted by Crippen LogP contribution is -2.66. The maximum absolute atomic E-state index is 5.00. The molecule has 0 atom stereocenters. The highest BCUT2D eigenvalue weighted by molar-refractivity contribution is 7.11. The van der Waals surface area contributed by atoms with Gasteiger partial charge in [-0.05, 0) is 25.7 Å². The van der Waals surface area contributed by atoms with Gasteiger partial charge in [0.2, 0.25) is 5.96 Å². The van der Waals surface area contributed by atoms with Gasteiger partial charge >= 0.3 is 5.96 Å². The average Bonchev–Trinajstić information content (AvgIpc) is 3.11. The van der Waals surface area contributed by atoms with Crippen molar-refractivity contribution in [3.63, 3.8) is 0 Å². The van der Waals surface area contributed by atoms with Crippen molar-refractivity contribution in [3.8, 4) is 0 Å². The molecule has 5 rings (SSSR count). The van der Waals surface area contributed by atoms with Crippen LogP contribution >= 0.6 is 0 Å². The third-order valence-electron chi connectivity index (χ3n) is 10.1. The molecule has 254 valence electrons. The second-order valence-corrected chi connectivity index (χ2v) is 14.0. The highest BCUT2D eigenvalue weighted by Crippen LogP contribution is 2.21. The zero-order chi connectivity index (χ0) is 33.3. The highest BCUT2D eigenvalue weighted by Gasteiger charge is 2.29. The van der Waals surface area contributed by atoms with Crippen LogP contribution in [0.4, 0.5) is 0 Å². The molecule has 2 aliphatic carbocycles. The average molecular weight is 637 g/mol. The summed E-state index contributed by atoms with van der Waals surface area (Å²) in [5.74, 6) is 1.92. The lowest BCUT2D eigenvalue weighted by Gasteiger charge is -2.43. The standard InChI is InChI=1S/C22H24B.C18H36N6/c1-2-3-19-23(20-13-7-4-8-14-20,21-15-9-5-10-16-21)22-17-11-6-12-18-22;1-23(2)18(24(3)4)22-21-17(19-15-11-7-5-8-12-15)20-16-13-9-6-10-14-16/h4-18H,2-3,19H2,1H3;15-16H,5-14H2,1-4H3,(H2,19,20,21)/q-1;/p+1. The molecular weight excluding hydrogens is 575 g/mol. The van der Waals surface area contributed by atoms with Crippen molar-refractivity contribution in [2.75, 3.05) is 28.2 Å². The van der Waals surface area contributed by atoms with E-state index in [1.54, 1.807) is 0 Å². The van der Waals surface area contributed by atoms with Gasteiger partial charge in [0.15, 0.2) is 0 Å². The second-order valence-electron chi connectivity index (χ2n) is 14.0. The van der Waals surface area contributed by atoms with E-state index >= 15 is 0 Å². The Bertz CT molecular complexity index is 1250. The van der Waals surface area contributed by atoms with Crippen molar-refractivity contribution in [2.24, 2.45) is 4.99 Å². The van der Waals surface area contributed by atoms with E-state index in [1.165, 1.54) is 99.8 Å². The molecule has 2 fully saturated rings. The third-order valence-corrected chi connectivity index (χ3v) is 10.1. The molecule has 0 bridgehead atoms. The third kappa shape index (κ3) is 10.6. The van der Waals surface area contributed by atoms with Gasteiger partial charge < -0.3 is 5.32 Å². The van der Waals surface area contributed by atoms with Gasteiger partial charge in [-0.3, -0.25) is 9.48 Å². The minimum atomic E-state index is -0.913. The molecule has 2 saturated carbocycles. The van der Waals surface area contributed by atoms with Crippen LogP contribution in [0.3, 0.4) is 0 Å². The minimum absolute atomic E-state index is 0.460. The van der Waals surface area contributed by atoms with E-state index in [0.29, 0.717) is 12.1 Å². The summed E-state index contributed by atoms with van der Waals surface area (Å²) in [5, 5.41) is 3.66. The Morgan fingerprint density at radius 3 is 1.60 bits per heavy atom. The first-order chi connectivity index (χ1) is 22.9. The molecule has 2 aliphatic rings. The number of guanidine groups is 2. The summed E-state index contributed by atoms with van der Waals surface area (Å²) >= 11 is 0. The molecule has 7 heteroatoms. The molecule has 47 heavy (non-hydrogen) atoms. The quantitative estimate of drug-likeness (QED) is 0.0957. The van der Waals surface area contributed by atoms with Crippen molar-refractivity contribution in [2.45, 2.75) is 102 Å². The lowest BCUT2D eigenvalue weighted by atomic mass is 9.14. The van der Waals surface area contributed by atoms with Crippen LogP contribution in [0.15, 0.2) is 96.0 Å². The van der Waals surface area contributed by atoms with Crippen molar-refractivity contribution in [1.29, 1.82) is 0 Å². The van der Waals surface area contributed by atoms with E-state index in [1.807, 2.05) is 28.2 Å². The molecule has 3 aromatic rings. The van der Waals surface area contributed by atoms with Gasteiger partial charge in [-0.15, -0.1) is 0 Å². The van der Waals surface area contributed by atoms with E-state index in [0.717, 1.165) is 11.9 Å². The number of hydrogen-bond donors (Lipinski definition) is 3. The van der Waals surface area contributed by atoms with Crippen molar-refractivity contribution < 1.29 is 4.58 Å². The predicted octanol–water partition coefficient (Wildman–Crippen LogP) is 5.84. The van der Waals surface area contributed by atoms with Gasteiger partial charge in [0, 0.05) is 6.04 Å². The van der Waals surface area contributed by atoms with E-state index in [4.69, 9.17) is 4.99 Å². The van der Waals surface area contributed by atoms with Gasteiger partial charge in [0.05, 0.1) is 40.4 Å². The Labute approximate surface area is 286 Å². The monoisotopic (exact) mass is 637 g/mol. The Balaban J connectivity index is 0.000000213. The Morgan fingerprint density at radius 1 is 0.702 bits per heavy atom. The molecular formula is C40H61BN6. The summed E-state index contributed by atoms with van der Waals surface area (Å²) in [7, 11) is 8.15. The number of hydrazine groups is 1. The maximum atomic E-state index is 5.00. The van der Waals surface area contributed by atoms with Crippen LogP contribution in [-0.2, 0) is 0 Å². The number of benzene rings is 3. The number of nitrogens with zero attached hydrogens (tertiary/aromatic N) is 3. The van der Waals surface area contributed by atoms with E-state index < -0.39 is 6.15 Å². The fourth-order valence-electron chi connectivity index (χ4n) is 7.61. The van der Waals surface area contributed by atoms with Crippen molar-refractivity contribution in [1.82, 2.24) is 21.1 Å². The largest absolute Gasteiger partial charge is 0.369 e. The molecule has 3 aromatic carbocycles. The first-order valence-electron chi connectivity index (χ1n) is 18.4. The molecule has 0 amide bonds. The number of hydrogen-bond acceptors (Lipinski definition) is 1. The molecule has 6 nitrogen and oxygen atoms in total. The van der Waals surface area contributed by atoms with Gasteiger partial charge in [0.25, 0.3) is 0 Å². The fraction of sp³-hybridized carbons (Fsp3) is 0.500. The van der Waals surface area contributed by atoms with Gasteiger partial charge in [0.1, 0.15) is 0 Å². The normalized spacial score (nSPS) is 16.0. The van der Waals surface area contributed by atoms with Crippen LogP contribution < -0.4 is 32.6 Å². The van der Waals surface area contributed by atoms with E-state index in [2.05, 4.69) is 124 Å². The summed E-state index contributed by atoms with van der Waals surface area (Å²) in [4.78, 5) is 7.06. The zero-order valence-electron chi connectivity index (χ0n) is 29.9. The fourth-order valence-corrected chi connectivity index (χ4v) is 7.61. The molecule has 0 radical (unpaired) electrons. The SMILES string of the molecule is CCCC[B-](c1ccccc1)(c1ccccc1)c1ccccc1.CN(C)C(NNC(=NC1CCCCC1)NC1CCCCC1)=[N+](C)C. The zero-order valence-corrected chi connectivity index (χ0v) is 29.9. The summed E-state index contributed by atoms with van der Waals surface area (Å²) in [6.45, 7) is 2.28. The maximum Gasteiger partial charge on any atom is 0.369 e. The number of aliphatic imine (C=N–C) groups is 1. The molecule has 0 spiro atoms. The summed E-state index contributed by atoms with van der Waals surface area (Å²) in [6.07, 6.45) is 15.7. The predicted molar refractivity (Wildman–Crippen MR) is 205 cm³/mol. The van der Waals surface area contributed by atoms with Crippen molar-refractivity contribution >= 4 is 34.5 Å². The van der Waals surface area contributed by atoms with Crippen LogP contribution in [-0.4, -0.2) is 67.8 Å². The molecule has 0 unspecified atom stereocenters. The first kappa shape index (κ1) is 36.1. The summed E-state index contributed by atoms with van der Waals surface area (Å²) < 4.78 is 2.06. The van der Waals surface area contributed by atoms with E-state index in [-0.39, 0.29) is 0 Å². The molecule has 0 saturated heterocycles. The van der Waals surface area contributed by atoms with Crippen LogP contribution in [0.25, 0.3) is 0 Å². The summed E-state index contributed by atoms with van der Waals surface area (Å²) in [6, 6.07) is 34.2. The van der Waals surface area contributed by atoms with Crippen LogP contribution in [0.5, 0.6) is 0 Å². The molecule has 0 aromatic heterocycles. The molecule has 0 heterocycles. The lowest BCUT2D eigenvalue weighted by molar-refractivity contribution is -0.472. The Hall–Kier alpha value is -3.74. The summed E-state index contributed by atoms with van der Waals surface area (Å²) in [5.41, 5.74) is 11.0. The minimum Gasteiger partial charge on any atom is -0.351 e. The van der Waals surface area contributed by atoms with Gasteiger partial charge in [-0.25, -0.2) is 10.4 Å². The highest BCUT2D eigenvalue weighted by atomic mass is 15.5. The van der Waals surface area contributed by atoms with Crippen LogP contribution in [0, 0.1) is 0 Å². The van der Waals surface area contributed by atoms with Crippen LogP contribution in [0.2, 0.25) is 6.32 Å². The number of nitrogens with one attached hydrogen (secondary N) is 3. The molecule has 0 aliphatic heterocycles. The smallest absolute Gasteiger partial charge is 0.351 e. The number of unbranched alkanes of at least 4 members (excludes halogenated alkanes) is 1.